The normalized spacial score (nSPS) is 14.8. The highest BCUT2D eigenvalue weighted by molar-refractivity contribution is 9.10. The van der Waals surface area contributed by atoms with Crippen LogP contribution in [0.25, 0.3) is 6.08 Å². The van der Waals surface area contributed by atoms with Gasteiger partial charge in [-0.1, -0.05) is 70.6 Å². The van der Waals surface area contributed by atoms with Gasteiger partial charge in [0.1, 0.15) is 16.7 Å². The molecule has 2 aromatic carbocycles. The number of rotatable bonds is 9. The molecule has 32 heavy (non-hydrogen) atoms. The van der Waals surface area contributed by atoms with Crippen molar-refractivity contribution in [2.75, 3.05) is 13.2 Å². The van der Waals surface area contributed by atoms with Crippen LogP contribution in [0.15, 0.2) is 51.8 Å². The van der Waals surface area contributed by atoms with Crippen molar-refractivity contribution in [1.29, 1.82) is 0 Å². The highest BCUT2D eigenvalue weighted by Gasteiger charge is 2.32. The Morgan fingerprint density at radius 3 is 2.72 bits per heavy atom. The van der Waals surface area contributed by atoms with E-state index in [4.69, 9.17) is 33.3 Å². The third-order valence-electron chi connectivity index (χ3n) is 4.45. The molecule has 9 heteroatoms. The van der Waals surface area contributed by atoms with Gasteiger partial charge in [-0.3, -0.25) is 14.5 Å². The summed E-state index contributed by atoms with van der Waals surface area (Å²) < 4.78 is 12.3. The maximum absolute atomic E-state index is 12.9. The van der Waals surface area contributed by atoms with E-state index in [9.17, 15) is 9.59 Å². The molecule has 2 aromatic rings. The van der Waals surface area contributed by atoms with Crippen LogP contribution in [-0.4, -0.2) is 34.2 Å². The number of nitrogens with zero attached hydrogens (tertiary/aromatic N) is 1. The number of esters is 1. The second kappa shape index (κ2) is 11.8. The molecule has 168 valence electrons. The van der Waals surface area contributed by atoms with Crippen molar-refractivity contribution >= 4 is 73.8 Å². The first-order valence-electron chi connectivity index (χ1n) is 9.95. The summed E-state index contributed by atoms with van der Waals surface area (Å²) in [6.07, 6.45) is 2.62. The fourth-order valence-corrected chi connectivity index (χ4v) is 4.63. The zero-order chi connectivity index (χ0) is 23.1. The largest absolute Gasteiger partial charge is 0.488 e. The lowest BCUT2D eigenvalue weighted by Crippen LogP contribution is -2.30. The summed E-state index contributed by atoms with van der Waals surface area (Å²) in [5.41, 5.74) is 1.72. The quantitative estimate of drug-likeness (QED) is 0.208. The van der Waals surface area contributed by atoms with Crippen LogP contribution in [0, 0.1) is 0 Å². The van der Waals surface area contributed by atoms with Gasteiger partial charge in [0.15, 0.2) is 0 Å². The van der Waals surface area contributed by atoms with E-state index in [0.717, 1.165) is 22.0 Å². The van der Waals surface area contributed by atoms with Gasteiger partial charge in [-0.05, 0) is 48.4 Å². The summed E-state index contributed by atoms with van der Waals surface area (Å²) in [5, 5.41) is 0.665. The van der Waals surface area contributed by atoms with E-state index in [2.05, 4.69) is 15.9 Å². The van der Waals surface area contributed by atoms with Crippen molar-refractivity contribution in [2.24, 2.45) is 0 Å². The first-order valence-corrected chi connectivity index (χ1v) is 12.3. The molecule has 0 N–H and O–H groups in total. The van der Waals surface area contributed by atoms with Crippen LogP contribution in [-0.2, 0) is 20.9 Å². The molecule has 1 aliphatic rings. The molecule has 1 amide bonds. The van der Waals surface area contributed by atoms with E-state index in [1.807, 2.05) is 49.4 Å². The molecule has 0 radical (unpaired) electrons. The number of benzene rings is 2. The Bertz CT molecular complexity index is 1040. The third kappa shape index (κ3) is 6.81. The number of hydrogen-bond acceptors (Lipinski definition) is 6. The second-order valence-corrected chi connectivity index (χ2v) is 9.93. The van der Waals surface area contributed by atoms with E-state index in [0.29, 0.717) is 33.2 Å². The van der Waals surface area contributed by atoms with Crippen molar-refractivity contribution in [3.05, 3.63) is 68.0 Å². The topological polar surface area (TPSA) is 55.8 Å². The highest BCUT2D eigenvalue weighted by Crippen LogP contribution is 2.35. The number of hydrogen-bond donors (Lipinski definition) is 0. The van der Waals surface area contributed by atoms with Gasteiger partial charge in [0, 0.05) is 21.6 Å². The number of thioether (sulfide) groups is 1. The lowest BCUT2D eigenvalue weighted by atomic mass is 10.1. The summed E-state index contributed by atoms with van der Waals surface area (Å²) in [6.45, 7) is 2.86. The summed E-state index contributed by atoms with van der Waals surface area (Å²) in [7, 11) is 0. The lowest BCUT2D eigenvalue weighted by Gasteiger charge is -2.13. The Kier molecular flexibility index (Phi) is 9.16. The fourth-order valence-electron chi connectivity index (χ4n) is 2.83. The molecule has 0 atom stereocenters. The van der Waals surface area contributed by atoms with Crippen LogP contribution >= 0.6 is 51.5 Å². The van der Waals surface area contributed by atoms with E-state index >= 15 is 0 Å². The molecule has 0 unspecified atom stereocenters. The van der Waals surface area contributed by atoms with Gasteiger partial charge in [0.2, 0.25) is 0 Å². The fraction of sp³-hybridized carbons (Fsp3) is 0.261. The van der Waals surface area contributed by atoms with E-state index in [1.54, 1.807) is 6.08 Å². The van der Waals surface area contributed by atoms with E-state index < -0.39 is 0 Å². The molecular weight excluding hydrogens is 534 g/mol. The summed E-state index contributed by atoms with van der Waals surface area (Å²) >= 11 is 16.0. The average molecular weight is 555 g/mol. The van der Waals surface area contributed by atoms with Gasteiger partial charge in [-0.2, -0.15) is 0 Å². The minimum Gasteiger partial charge on any atom is -0.488 e. The SMILES string of the molecule is CCCOC(=O)CCN1C(=O)/C(=C\c2cc(Br)ccc2OCc2ccc(Cl)cc2)SC1=S. The Morgan fingerprint density at radius 1 is 1.25 bits per heavy atom. The van der Waals surface area contributed by atoms with Gasteiger partial charge in [-0.15, -0.1) is 0 Å². The average Bonchev–Trinajstić information content (AvgIpc) is 3.03. The molecule has 5 nitrogen and oxygen atoms in total. The third-order valence-corrected chi connectivity index (χ3v) is 6.57. The van der Waals surface area contributed by atoms with Crippen molar-refractivity contribution in [3.63, 3.8) is 0 Å². The molecule has 1 aliphatic heterocycles. The maximum atomic E-state index is 12.9. The van der Waals surface area contributed by atoms with Crippen molar-refractivity contribution < 1.29 is 19.1 Å². The predicted molar refractivity (Wildman–Crippen MR) is 136 cm³/mol. The zero-order valence-corrected chi connectivity index (χ0v) is 21.3. The highest BCUT2D eigenvalue weighted by atomic mass is 79.9. The Labute approximate surface area is 210 Å². The van der Waals surface area contributed by atoms with Gasteiger partial charge >= 0.3 is 5.97 Å². The second-order valence-electron chi connectivity index (χ2n) is 6.90. The van der Waals surface area contributed by atoms with Crippen molar-refractivity contribution in [3.8, 4) is 5.75 Å². The zero-order valence-electron chi connectivity index (χ0n) is 17.3. The van der Waals surface area contributed by atoms with Crippen LogP contribution in [0.5, 0.6) is 5.75 Å². The smallest absolute Gasteiger partial charge is 0.307 e. The molecule has 0 aliphatic carbocycles. The number of carbonyl (C=O) groups is 2. The van der Waals surface area contributed by atoms with Crippen molar-refractivity contribution in [1.82, 2.24) is 4.90 Å². The van der Waals surface area contributed by atoms with Gasteiger partial charge < -0.3 is 9.47 Å². The molecule has 1 saturated heterocycles. The van der Waals surface area contributed by atoms with Crippen LogP contribution in [0.3, 0.4) is 0 Å². The van der Waals surface area contributed by atoms with Crippen LogP contribution in [0.4, 0.5) is 0 Å². The Balaban J connectivity index is 1.72. The first-order chi connectivity index (χ1) is 15.4. The Morgan fingerprint density at radius 2 is 2.00 bits per heavy atom. The van der Waals surface area contributed by atoms with Crippen molar-refractivity contribution in [2.45, 2.75) is 26.4 Å². The van der Waals surface area contributed by atoms with Gasteiger partial charge in [0.05, 0.1) is 17.9 Å². The number of halogens is 2. The molecule has 1 heterocycles. The monoisotopic (exact) mass is 553 g/mol. The molecular formula is C23H21BrClNO4S2. The van der Waals surface area contributed by atoms with E-state index in [1.165, 1.54) is 16.7 Å². The van der Waals surface area contributed by atoms with Gasteiger partial charge in [0.25, 0.3) is 5.91 Å². The lowest BCUT2D eigenvalue weighted by molar-refractivity contribution is -0.143. The first kappa shape index (κ1) is 24.8. The molecule has 0 bridgehead atoms. The molecule has 0 saturated carbocycles. The molecule has 3 rings (SSSR count). The number of ether oxygens (including phenoxy) is 2. The minimum absolute atomic E-state index is 0.103. The van der Waals surface area contributed by atoms with Crippen LogP contribution in [0.2, 0.25) is 5.02 Å². The molecule has 0 spiro atoms. The maximum Gasteiger partial charge on any atom is 0.307 e. The Hall–Kier alpha value is -1.87. The standard InChI is InChI=1S/C23H21BrClNO4S2/c1-2-11-29-21(27)9-10-26-22(28)20(32-23(26)31)13-16-12-17(24)5-8-19(16)30-14-15-3-6-18(25)7-4-15/h3-8,12-13H,2,9-11,14H2,1H3/b20-13+. The summed E-state index contributed by atoms with van der Waals surface area (Å²) in [6, 6.07) is 13.0. The predicted octanol–water partition coefficient (Wildman–Crippen LogP) is 6.23. The minimum atomic E-state index is -0.338. The molecule has 1 fully saturated rings. The van der Waals surface area contributed by atoms with Crippen LogP contribution in [0.1, 0.15) is 30.9 Å². The number of carbonyl (C=O) groups excluding carboxylic acids is 2. The summed E-state index contributed by atoms with van der Waals surface area (Å²) in [4.78, 5) is 26.6. The van der Waals surface area contributed by atoms with Gasteiger partial charge in [-0.25, -0.2) is 0 Å². The number of amides is 1. The van der Waals surface area contributed by atoms with Crippen LogP contribution < -0.4 is 4.74 Å². The summed E-state index contributed by atoms with van der Waals surface area (Å²) in [5.74, 6) is 0.0678. The van der Waals surface area contributed by atoms with E-state index in [-0.39, 0.29) is 24.8 Å². The number of thiocarbonyl (C=S) groups is 1. The molecule has 0 aromatic heterocycles.